The Morgan fingerprint density at radius 2 is 1.00 bits per heavy atom. The Morgan fingerprint density at radius 3 is 1.38 bits per heavy atom. The van der Waals surface area contributed by atoms with Gasteiger partial charge in [0.05, 0.1) is 6.04 Å². The van der Waals surface area contributed by atoms with E-state index in [2.05, 4.69) is 21.3 Å². The minimum Gasteiger partial charge on any atom is -0.354 e. The molecule has 1 aromatic carbocycles. The van der Waals surface area contributed by atoms with Crippen LogP contribution in [-0.2, 0) is 30.4 Å². The van der Waals surface area contributed by atoms with Crippen LogP contribution in [0.4, 0.5) is 0 Å². The second kappa shape index (κ2) is 19.7. The number of halogens is 1. The monoisotopic (exact) mass is 692 g/mol. The van der Waals surface area contributed by atoms with Crippen molar-refractivity contribution in [1.29, 1.82) is 0 Å². The van der Waals surface area contributed by atoms with E-state index >= 15 is 0 Å². The summed E-state index contributed by atoms with van der Waals surface area (Å²) in [5, 5.41) is 12.4. The van der Waals surface area contributed by atoms with E-state index in [4.69, 9.17) is 11.6 Å². The molecule has 0 aromatic heterocycles. The summed E-state index contributed by atoms with van der Waals surface area (Å²) in [5.74, 6) is -2.92. The van der Waals surface area contributed by atoms with Crippen LogP contribution in [0.5, 0.6) is 0 Å². The van der Waals surface area contributed by atoms with Gasteiger partial charge in [0.25, 0.3) is 0 Å². The highest BCUT2D eigenvalue weighted by atomic mass is 35.5. The smallest absolute Gasteiger partial charge is 0.245 e. The first-order valence-electron chi connectivity index (χ1n) is 17.1. The van der Waals surface area contributed by atoms with Crippen molar-refractivity contribution in [2.45, 2.75) is 106 Å². The fraction of sp³-hybridized carbons (Fsp3) is 0.694. The summed E-state index contributed by atoms with van der Waals surface area (Å²) in [6.07, 6.45) is 0.605. The van der Waals surface area contributed by atoms with Crippen LogP contribution < -0.4 is 21.3 Å². The molecule has 12 heteroatoms. The van der Waals surface area contributed by atoms with Crippen molar-refractivity contribution in [3.05, 3.63) is 34.9 Å². The lowest BCUT2D eigenvalue weighted by Gasteiger charge is -2.37. The van der Waals surface area contributed by atoms with Gasteiger partial charge in [-0.05, 0) is 60.8 Å². The van der Waals surface area contributed by atoms with Crippen LogP contribution in [0, 0.1) is 29.6 Å². The van der Waals surface area contributed by atoms with Crippen LogP contribution >= 0.6 is 11.6 Å². The normalized spacial score (nSPS) is 14.8. The van der Waals surface area contributed by atoms with E-state index < -0.39 is 47.9 Å². The summed E-state index contributed by atoms with van der Waals surface area (Å²) < 4.78 is 0. The summed E-state index contributed by atoms with van der Waals surface area (Å²) in [6, 6.07) is 3.43. The van der Waals surface area contributed by atoms with E-state index in [1.807, 2.05) is 81.4 Å². The van der Waals surface area contributed by atoms with Crippen LogP contribution in [0.2, 0.25) is 5.02 Å². The van der Waals surface area contributed by atoms with Crippen LogP contribution in [0.1, 0.15) is 74.8 Å². The number of carbonyl (C=O) groups is 5. The van der Waals surface area contributed by atoms with E-state index in [1.165, 1.54) is 9.80 Å². The number of rotatable bonds is 18. The van der Waals surface area contributed by atoms with E-state index in [0.717, 1.165) is 5.56 Å². The van der Waals surface area contributed by atoms with Crippen LogP contribution in [-0.4, -0.2) is 97.2 Å². The number of nitrogens with zero attached hydrogens (tertiary/aromatic N) is 2. The van der Waals surface area contributed by atoms with Crippen molar-refractivity contribution < 1.29 is 24.0 Å². The predicted molar refractivity (Wildman–Crippen MR) is 192 cm³/mol. The standard InChI is InChI=1S/C36H61ClN6O5/c1-20(2)27(38-11)32(44)40-28(21(3)4)35(47)43(13)31(24(9)10)34(46)41-29(22(5)6)36(48)42(12)30(23(7)8)33(45)39-19-18-25-14-16-26(37)17-15-25/h14-17,20-24,27-31,38H,18-19H2,1-13H3,(H,39,45)(H,40,44)(H,41,46)/t27-,28-,29-,30-,31-/m0/s1. The fourth-order valence-corrected chi connectivity index (χ4v) is 6.05. The Hall–Kier alpha value is -3.18. The molecular weight excluding hydrogens is 632 g/mol. The average molecular weight is 693 g/mol. The predicted octanol–water partition coefficient (Wildman–Crippen LogP) is 3.49. The van der Waals surface area contributed by atoms with Gasteiger partial charge in [-0.2, -0.15) is 0 Å². The first kappa shape index (κ1) is 42.8. The largest absolute Gasteiger partial charge is 0.354 e. The zero-order valence-electron chi connectivity index (χ0n) is 31.3. The van der Waals surface area contributed by atoms with E-state index in [-0.39, 0.29) is 41.4 Å². The third kappa shape index (κ3) is 12.1. The summed E-state index contributed by atoms with van der Waals surface area (Å²) >= 11 is 5.97. The zero-order chi connectivity index (χ0) is 37.0. The molecule has 11 nitrogen and oxygen atoms in total. The summed E-state index contributed by atoms with van der Waals surface area (Å²) in [5.41, 5.74) is 1.02. The van der Waals surface area contributed by atoms with Crippen LogP contribution in [0.3, 0.4) is 0 Å². The molecule has 0 aliphatic heterocycles. The summed E-state index contributed by atoms with van der Waals surface area (Å²) in [4.78, 5) is 70.8. The van der Waals surface area contributed by atoms with Crippen LogP contribution in [0.15, 0.2) is 24.3 Å². The van der Waals surface area contributed by atoms with E-state index in [9.17, 15) is 24.0 Å². The molecule has 272 valence electrons. The minimum atomic E-state index is -0.946. The van der Waals surface area contributed by atoms with Crippen molar-refractivity contribution >= 4 is 41.1 Å². The van der Waals surface area contributed by atoms with Gasteiger partial charge in [0.15, 0.2) is 0 Å². The maximum Gasteiger partial charge on any atom is 0.245 e. The topological polar surface area (TPSA) is 140 Å². The Bertz CT molecular complexity index is 1220. The van der Waals surface area contributed by atoms with Crippen LogP contribution in [0.25, 0.3) is 0 Å². The minimum absolute atomic E-state index is 0.00389. The summed E-state index contributed by atoms with van der Waals surface area (Å²) in [6.45, 7) is 18.9. The van der Waals surface area contributed by atoms with Gasteiger partial charge in [-0.1, -0.05) is 93.0 Å². The third-order valence-electron chi connectivity index (χ3n) is 8.68. The first-order chi connectivity index (χ1) is 22.3. The molecule has 0 unspecified atom stereocenters. The van der Waals surface area contributed by atoms with Crippen molar-refractivity contribution in [2.24, 2.45) is 29.6 Å². The van der Waals surface area contributed by atoms with E-state index in [0.29, 0.717) is 18.0 Å². The molecule has 0 bridgehead atoms. The lowest BCUT2D eigenvalue weighted by atomic mass is 9.95. The molecule has 0 heterocycles. The van der Waals surface area contributed by atoms with Crippen molar-refractivity contribution in [1.82, 2.24) is 31.1 Å². The van der Waals surface area contributed by atoms with Crippen molar-refractivity contribution in [3.8, 4) is 0 Å². The number of likely N-dealkylation sites (N-methyl/N-ethyl adjacent to an activating group) is 3. The number of benzene rings is 1. The number of hydrogen-bond donors (Lipinski definition) is 4. The van der Waals surface area contributed by atoms with Gasteiger partial charge in [0, 0.05) is 25.7 Å². The number of nitrogens with one attached hydrogen (secondary N) is 4. The molecule has 0 aliphatic carbocycles. The molecule has 5 amide bonds. The fourth-order valence-electron chi connectivity index (χ4n) is 5.93. The maximum atomic E-state index is 13.9. The molecule has 0 saturated carbocycles. The lowest BCUT2D eigenvalue weighted by Crippen LogP contribution is -2.62. The molecule has 48 heavy (non-hydrogen) atoms. The second-order valence-corrected chi connectivity index (χ2v) is 14.9. The van der Waals surface area contributed by atoms with Gasteiger partial charge in [-0.25, -0.2) is 0 Å². The molecule has 0 radical (unpaired) electrons. The molecule has 0 saturated heterocycles. The molecule has 5 atom stereocenters. The third-order valence-corrected chi connectivity index (χ3v) is 8.93. The highest BCUT2D eigenvalue weighted by Gasteiger charge is 2.40. The van der Waals surface area contributed by atoms with E-state index in [1.54, 1.807) is 33.3 Å². The first-order valence-corrected chi connectivity index (χ1v) is 17.5. The highest BCUT2D eigenvalue weighted by Crippen LogP contribution is 2.18. The molecule has 1 aromatic rings. The van der Waals surface area contributed by atoms with Gasteiger partial charge in [-0.15, -0.1) is 0 Å². The zero-order valence-corrected chi connectivity index (χ0v) is 32.1. The van der Waals surface area contributed by atoms with Gasteiger partial charge in [-0.3, -0.25) is 24.0 Å². The molecular formula is C36H61ClN6O5. The number of amides is 5. The average Bonchev–Trinajstić information content (AvgIpc) is 2.98. The number of hydrogen-bond acceptors (Lipinski definition) is 6. The van der Waals surface area contributed by atoms with Crippen molar-refractivity contribution in [2.75, 3.05) is 27.7 Å². The van der Waals surface area contributed by atoms with Gasteiger partial charge in [0.1, 0.15) is 24.2 Å². The highest BCUT2D eigenvalue weighted by molar-refractivity contribution is 6.30. The van der Waals surface area contributed by atoms with Crippen molar-refractivity contribution in [3.63, 3.8) is 0 Å². The Labute approximate surface area is 293 Å². The molecule has 0 fully saturated rings. The molecule has 1 rings (SSSR count). The quantitative estimate of drug-likeness (QED) is 0.186. The summed E-state index contributed by atoms with van der Waals surface area (Å²) in [7, 11) is 4.83. The molecule has 0 spiro atoms. The SMILES string of the molecule is CN[C@H](C(=O)N[C@H](C(=O)N(C)[C@H](C(=O)N[C@H](C(=O)N(C)[C@H](C(=O)NCCc1ccc(Cl)cc1)C(C)C)C(C)C)C(C)C)C(C)C)C(C)C. The lowest BCUT2D eigenvalue weighted by molar-refractivity contribution is -0.147. The maximum absolute atomic E-state index is 13.9. The number of carbonyl (C=O) groups excluding carboxylic acids is 5. The van der Waals surface area contributed by atoms with Gasteiger partial charge in [0.2, 0.25) is 29.5 Å². The Balaban J connectivity index is 3.15. The Kier molecular flexibility index (Phi) is 17.6. The molecule has 0 aliphatic rings. The Morgan fingerprint density at radius 1 is 0.604 bits per heavy atom. The van der Waals surface area contributed by atoms with Gasteiger partial charge < -0.3 is 31.1 Å². The second-order valence-electron chi connectivity index (χ2n) is 14.4. The molecule has 4 N–H and O–H groups in total. The van der Waals surface area contributed by atoms with Gasteiger partial charge >= 0.3 is 0 Å².